The van der Waals surface area contributed by atoms with E-state index in [1.54, 1.807) is 0 Å². The molecule has 3 aromatic rings. The lowest BCUT2D eigenvalue weighted by Crippen LogP contribution is -2.25. The summed E-state index contributed by atoms with van der Waals surface area (Å²) >= 11 is 6.08. The highest BCUT2D eigenvalue weighted by Gasteiger charge is 2.30. The molecule has 22 heavy (non-hydrogen) atoms. The Bertz CT molecular complexity index is 700. The van der Waals surface area contributed by atoms with Crippen molar-refractivity contribution in [3.05, 3.63) is 101 Å². The largest absolute Gasteiger partial charge is 0.0843 e. The number of benzene rings is 3. The molecule has 3 aromatic carbocycles. The van der Waals surface area contributed by atoms with Gasteiger partial charge in [0.2, 0.25) is 0 Å². The Balaban J connectivity index is 2.22. The van der Waals surface area contributed by atoms with Crippen molar-refractivity contribution in [2.75, 3.05) is 0 Å². The highest BCUT2D eigenvalue weighted by molar-refractivity contribution is 6.32. The van der Waals surface area contributed by atoms with E-state index in [0.717, 1.165) is 15.3 Å². The molecule has 0 amide bonds. The summed E-state index contributed by atoms with van der Waals surface area (Å²) in [6, 6.07) is 27.8. The molecule has 1 atom stereocenters. The zero-order valence-corrected chi connectivity index (χ0v) is 15.6. The molecule has 0 N–H and O–H groups in total. The molecule has 0 aromatic heterocycles. The molecule has 0 aliphatic rings. The molecule has 0 fully saturated rings. The van der Waals surface area contributed by atoms with Crippen LogP contribution in [0.3, 0.4) is 0 Å². The van der Waals surface area contributed by atoms with Gasteiger partial charge < -0.3 is 0 Å². The Morgan fingerprint density at radius 2 is 1.14 bits per heavy atom. The van der Waals surface area contributed by atoms with Gasteiger partial charge in [-0.2, -0.15) is 0 Å². The predicted molar refractivity (Wildman–Crippen MR) is 99.5 cm³/mol. The van der Waals surface area contributed by atoms with Gasteiger partial charge >= 0.3 is 0 Å². The van der Waals surface area contributed by atoms with Gasteiger partial charge in [-0.1, -0.05) is 83.5 Å². The van der Waals surface area contributed by atoms with Crippen LogP contribution < -0.4 is 5.19 Å². The Morgan fingerprint density at radius 3 is 1.68 bits per heavy atom. The van der Waals surface area contributed by atoms with E-state index in [-0.39, 0.29) is 5.41 Å². The molecule has 0 radical (unpaired) electrons. The standard InChI is InChI=1S/C20H19ClSi/c1-20(15-5-3-2-4-6-15,16-7-11-18(21)12-8-16)17-9-13-19(22)14-10-17/h2-14H,1,22H3. The van der Waals surface area contributed by atoms with Crippen LogP contribution in [0.25, 0.3) is 0 Å². The van der Waals surface area contributed by atoms with E-state index in [1.807, 2.05) is 12.1 Å². The van der Waals surface area contributed by atoms with Crippen molar-refractivity contribution < 1.29 is 0 Å². The zero-order chi connectivity index (χ0) is 15.6. The first kappa shape index (κ1) is 15.1. The van der Waals surface area contributed by atoms with Gasteiger partial charge in [-0.3, -0.25) is 0 Å². The smallest absolute Gasteiger partial charge is 0.0423 e. The van der Waals surface area contributed by atoms with Crippen molar-refractivity contribution in [3.8, 4) is 0 Å². The van der Waals surface area contributed by atoms with Gasteiger partial charge in [-0.15, -0.1) is 0 Å². The van der Waals surface area contributed by atoms with Gasteiger partial charge in [-0.25, -0.2) is 0 Å². The van der Waals surface area contributed by atoms with Gasteiger partial charge in [0.05, 0.1) is 0 Å². The number of hydrogen-bond donors (Lipinski definition) is 0. The van der Waals surface area contributed by atoms with Crippen LogP contribution in [0.2, 0.25) is 5.02 Å². The SMILES string of the molecule is CC(c1ccccc1)(c1ccc([SiH3])cc1)c1ccc(Cl)cc1. The Labute approximate surface area is 140 Å². The Kier molecular flexibility index (Phi) is 4.19. The summed E-state index contributed by atoms with van der Waals surface area (Å²) in [6.45, 7) is 2.29. The molecular weight excluding hydrogens is 304 g/mol. The summed E-state index contributed by atoms with van der Waals surface area (Å²) in [5.74, 6) is 0. The minimum Gasteiger partial charge on any atom is -0.0843 e. The van der Waals surface area contributed by atoms with E-state index in [0.29, 0.717) is 0 Å². The second-order valence-electron chi connectivity index (χ2n) is 5.86. The molecule has 0 nitrogen and oxygen atoms in total. The molecule has 0 saturated heterocycles. The van der Waals surface area contributed by atoms with Gasteiger partial charge in [0.25, 0.3) is 0 Å². The summed E-state index contributed by atoms with van der Waals surface area (Å²) < 4.78 is 0. The van der Waals surface area contributed by atoms with Crippen LogP contribution in [-0.4, -0.2) is 10.2 Å². The van der Waals surface area contributed by atoms with E-state index >= 15 is 0 Å². The lowest BCUT2D eigenvalue weighted by Gasteiger charge is -2.32. The molecule has 0 aliphatic carbocycles. The van der Waals surface area contributed by atoms with Crippen LogP contribution >= 0.6 is 11.6 Å². The highest BCUT2D eigenvalue weighted by atomic mass is 35.5. The molecule has 0 saturated carbocycles. The molecule has 0 aliphatic heterocycles. The Morgan fingerprint density at radius 1 is 0.682 bits per heavy atom. The zero-order valence-electron chi connectivity index (χ0n) is 12.9. The molecule has 110 valence electrons. The topological polar surface area (TPSA) is 0 Å². The van der Waals surface area contributed by atoms with Gasteiger partial charge in [0.1, 0.15) is 0 Å². The first-order valence-corrected chi connectivity index (χ1v) is 8.87. The van der Waals surface area contributed by atoms with Crippen LogP contribution in [-0.2, 0) is 5.41 Å². The maximum atomic E-state index is 6.08. The van der Waals surface area contributed by atoms with E-state index < -0.39 is 0 Å². The fourth-order valence-corrected chi connectivity index (χ4v) is 3.40. The fourth-order valence-electron chi connectivity index (χ4n) is 2.94. The van der Waals surface area contributed by atoms with Crippen molar-refractivity contribution in [1.82, 2.24) is 0 Å². The third-order valence-corrected chi connectivity index (χ3v) is 5.32. The van der Waals surface area contributed by atoms with Crippen LogP contribution in [0.4, 0.5) is 0 Å². The van der Waals surface area contributed by atoms with E-state index in [1.165, 1.54) is 21.9 Å². The summed E-state index contributed by atoms with van der Waals surface area (Å²) in [7, 11) is 1.08. The second kappa shape index (κ2) is 6.11. The van der Waals surface area contributed by atoms with Crippen LogP contribution in [0.1, 0.15) is 23.6 Å². The average molecular weight is 323 g/mol. The van der Waals surface area contributed by atoms with Crippen molar-refractivity contribution >= 4 is 27.0 Å². The normalized spacial score (nSPS) is 13.7. The molecule has 3 rings (SSSR count). The average Bonchev–Trinajstić information content (AvgIpc) is 2.56. The van der Waals surface area contributed by atoms with Crippen molar-refractivity contribution in [2.45, 2.75) is 12.3 Å². The molecule has 0 heterocycles. The minimum atomic E-state index is -0.179. The fraction of sp³-hybridized carbons (Fsp3) is 0.100. The van der Waals surface area contributed by atoms with E-state index in [4.69, 9.17) is 11.6 Å². The van der Waals surface area contributed by atoms with Crippen molar-refractivity contribution in [1.29, 1.82) is 0 Å². The second-order valence-corrected chi connectivity index (χ2v) is 7.46. The van der Waals surface area contributed by atoms with Crippen LogP contribution in [0.5, 0.6) is 0 Å². The number of rotatable bonds is 3. The summed E-state index contributed by atoms with van der Waals surface area (Å²) in [5.41, 5.74) is 3.67. The quantitative estimate of drug-likeness (QED) is 0.509. The molecule has 0 spiro atoms. The highest BCUT2D eigenvalue weighted by Crippen LogP contribution is 2.38. The summed E-state index contributed by atoms with van der Waals surface area (Å²) in [6.07, 6.45) is 0. The number of hydrogen-bond acceptors (Lipinski definition) is 0. The van der Waals surface area contributed by atoms with Gasteiger partial charge in [0, 0.05) is 20.7 Å². The molecule has 1 unspecified atom stereocenters. The van der Waals surface area contributed by atoms with Gasteiger partial charge in [0.15, 0.2) is 0 Å². The Hall–Kier alpha value is -1.83. The molecule has 2 heteroatoms. The predicted octanol–water partition coefficient (Wildman–Crippen LogP) is 3.69. The maximum Gasteiger partial charge on any atom is 0.0423 e. The lowest BCUT2D eigenvalue weighted by atomic mass is 9.71. The summed E-state index contributed by atoms with van der Waals surface area (Å²) in [5, 5.41) is 2.18. The summed E-state index contributed by atoms with van der Waals surface area (Å²) in [4.78, 5) is 0. The number of halogens is 1. The lowest BCUT2D eigenvalue weighted by molar-refractivity contribution is 0.693. The third kappa shape index (κ3) is 2.74. The minimum absolute atomic E-state index is 0.179. The van der Waals surface area contributed by atoms with Gasteiger partial charge in [-0.05, 0) is 35.7 Å². The van der Waals surface area contributed by atoms with E-state index in [2.05, 4.69) is 73.7 Å². The van der Waals surface area contributed by atoms with Crippen LogP contribution in [0, 0.1) is 0 Å². The van der Waals surface area contributed by atoms with Crippen molar-refractivity contribution in [2.24, 2.45) is 0 Å². The first-order valence-electron chi connectivity index (χ1n) is 7.49. The van der Waals surface area contributed by atoms with Crippen molar-refractivity contribution in [3.63, 3.8) is 0 Å². The maximum absolute atomic E-state index is 6.08. The molecule has 0 bridgehead atoms. The van der Waals surface area contributed by atoms with E-state index in [9.17, 15) is 0 Å². The van der Waals surface area contributed by atoms with Crippen LogP contribution in [0.15, 0.2) is 78.9 Å². The monoisotopic (exact) mass is 322 g/mol. The molecular formula is C20H19ClSi. The third-order valence-electron chi connectivity index (χ3n) is 4.40. The first-order chi connectivity index (χ1) is 10.6.